The van der Waals surface area contributed by atoms with Crippen LogP contribution in [0.5, 0.6) is 11.5 Å². The molecule has 0 amide bonds. The number of benzene rings is 2. The number of dihydropyridines is 1. The summed E-state index contributed by atoms with van der Waals surface area (Å²) in [6, 6.07) is 12.6. The Kier molecular flexibility index (Phi) is 9.80. The van der Waals surface area contributed by atoms with E-state index in [1.54, 1.807) is 25.4 Å². The molecule has 8 heteroatoms. The van der Waals surface area contributed by atoms with E-state index >= 15 is 0 Å². The van der Waals surface area contributed by atoms with E-state index in [0.717, 1.165) is 23.0 Å². The largest absolute Gasteiger partial charge is 0.457 e. The summed E-state index contributed by atoms with van der Waals surface area (Å²) in [5.41, 5.74) is 2.80. The first-order valence-corrected chi connectivity index (χ1v) is 12.0. The zero-order valence-corrected chi connectivity index (χ0v) is 21.4. The standard InChI is InChI=1S/C27H26F2N4O2.C2H6.2H2/c1-17-23(18(2)31-16-19-12-20(28)14-21(29)13-19)6-4-7-24(17)35-22-10-11-30-26(15-22)32-25-8-5-9-27(33-25)34-3;1-2;;/h4-15,27,31,33H,2,16H2,1,3H3,(H,30,32);1-2H3;2*1H. The maximum atomic E-state index is 13.5. The summed E-state index contributed by atoms with van der Waals surface area (Å²) in [5, 5.41) is 9.52. The van der Waals surface area contributed by atoms with Gasteiger partial charge < -0.3 is 25.4 Å². The number of anilines is 1. The van der Waals surface area contributed by atoms with Crippen LogP contribution in [0.1, 0.15) is 33.4 Å². The van der Waals surface area contributed by atoms with Crippen LogP contribution in [0.3, 0.4) is 0 Å². The van der Waals surface area contributed by atoms with Crippen molar-refractivity contribution in [3.8, 4) is 11.5 Å². The molecule has 1 aliphatic rings. The Morgan fingerprint density at radius 1 is 1.14 bits per heavy atom. The second-order valence-electron chi connectivity index (χ2n) is 7.91. The number of methoxy groups -OCH3 is 1. The molecule has 0 spiro atoms. The number of pyridine rings is 1. The predicted octanol–water partition coefficient (Wildman–Crippen LogP) is 7.12. The molecule has 3 N–H and O–H groups in total. The third kappa shape index (κ3) is 7.65. The first-order chi connectivity index (χ1) is 17.9. The van der Waals surface area contributed by atoms with Gasteiger partial charge >= 0.3 is 0 Å². The van der Waals surface area contributed by atoms with E-state index in [4.69, 9.17) is 9.47 Å². The van der Waals surface area contributed by atoms with Crippen molar-refractivity contribution in [3.63, 3.8) is 0 Å². The van der Waals surface area contributed by atoms with E-state index in [2.05, 4.69) is 27.5 Å². The lowest BCUT2D eigenvalue weighted by molar-refractivity contribution is 0.121. The summed E-state index contributed by atoms with van der Waals surface area (Å²) in [5.74, 6) is 1.38. The Balaban J connectivity index is 0.00000186. The molecule has 0 radical (unpaired) electrons. The van der Waals surface area contributed by atoms with Crippen LogP contribution in [0.25, 0.3) is 5.70 Å². The average molecular weight is 511 g/mol. The van der Waals surface area contributed by atoms with Crippen molar-refractivity contribution in [3.05, 3.63) is 114 Å². The van der Waals surface area contributed by atoms with E-state index in [9.17, 15) is 8.78 Å². The minimum atomic E-state index is -0.615. The molecule has 1 aromatic heterocycles. The molecule has 1 atom stereocenters. The number of halogens is 2. The van der Waals surface area contributed by atoms with Crippen LogP contribution in [-0.2, 0) is 11.3 Å². The van der Waals surface area contributed by atoms with Gasteiger partial charge in [0.15, 0.2) is 0 Å². The minimum absolute atomic E-state index is 0. The highest BCUT2D eigenvalue weighted by Gasteiger charge is 2.12. The molecule has 2 heterocycles. The minimum Gasteiger partial charge on any atom is -0.457 e. The topological polar surface area (TPSA) is 67.4 Å². The smallest absolute Gasteiger partial charge is 0.147 e. The molecular weight excluding hydrogens is 474 g/mol. The third-order valence-electron chi connectivity index (χ3n) is 5.36. The molecule has 0 saturated carbocycles. The molecule has 198 valence electrons. The Bertz CT molecular complexity index is 1280. The van der Waals surface area contributed by atoms with Crippen molar-refractivity contribution in [2.45, 2.75) is 33.5 Å². The summed E-state index contributed by atoms with van der Waals surface area (Å²) in [4.78, 5) is 4.35. The van der Waals surface area contributed by atoms with Crippen molar-refractivity contribution in [2.75, 3.05) is 12.4 Å². The van der Waals surface area contributed by atoms with Crippen LogP contribution in [0.15, 0.2) is 85.4 Å². The number of hydrogen-bond acceptors (Lipinski definition) is 6. The van der Waals surface area contributed by atoms with Gasteiger partial charge in [0.2, 0.25) is 0 Å². The van der Waals surface area contributed by atoms with Gasteiger partial charge in [-0.15, -0.1) is 0 Å². The normalized spacial score (nSPS) is 14.0. The summed E-state index contributed by atoms with van der Waals surface area (Å²) >= 11 is 0. The Hall–Kier alpha value is -4.17. The number of nitrogens with one attached hydrogen (secondary N) is 3. The Morgan fingerprint density at radius 2 is 1.89 bits per heavy atom. The lowest BCUT2D eigenvalue weighted by atomic mass is 10.0. The van der Waals surface area contributed by atoms with Gasteiger partial charge in [-0.05, 0) is 48.9 Å². The fourth-order valence-corrected chi connectivity index (χ4v) is 3.59. The van der Waals surface area contributed by atoms with Gasteiger partial charge in [-0.2, -0.15) is 0 Å². The van der Waals surface area contributed by atoms with Crippen molar-refractivity contribution in [1.82, 2.24) is 15.6 Å². The highest BCUT2D eigenvalue weighted by molar-refractivity contribution is 5.67. The zero-order valence-electron chi connectivity index (χ0n) is 21.4. The van der Waals surface area contributed by atoms with Crippen molar-refractivity contribution >= 4 is 11.5 Å². The number of hydrogen-bond donors (Lipinski definition) is 3. The second-order valence-corrected chi connectivity index (χ2v) is 7.91. The lowest BCUT2D eigenvalue weighted by Gasteiger charge is -2.21. The Morgan fingerprint density at radius 3 is 2.62 bits per heavy atom. The molecule has 2 aromatic carbocycles. The third-order valence-corrected chi connectivity index (χ3v) is 5.36. The molecule has 0 saturated heterocycles. The molecule has 3 aromatic rings. The van der Waals surface area contributed by atoms with Gasteiger partial charge in [0, 0.05) is 51.7 Å². The second kappa shape index (κ2) is 13.2. The number of ether oxygens (including phenoxy) is 2. The van der Waals surface area contributed by atoms with E-state index in [0.29, 0.717) is 28.6 Å². The summed E-state index contributed by atoms with van der Waals surface area (Å²) in [6.45, 7) is 10.2. The van der Waals surface area contributed by atoms with E-state index in [1.807, 2.05) is 57.2 Å². The first-order valence-electron chi connectivity index (χ1n) is 12.0. The maximum absolute atomic E-state index is 13.5. The van der Waals surface area contributed by atoms with Gasteiger partial charge in [0.25, 0.3) is 0 Å². The average Bonchev–Trinajstić information content (AvgIpc) is 2.89. The molecule has 0 aliphatic carbocycles. The molecular formula is C29H36F2N4O2. The van der Waals surface area contributed by atoms with Gasteiger partial charge in [-0.25, -0.2) is 13.8 Å². The van der Waals surface area contributed by atoms with Crippen LogP contribution in [0.2, 0.25) is 0 Å². The van der Waals surface area contributed by atoms with E-state index in [-0.39, 0.29) is 15.6 Å². The molecule has 1 unspecified atom stereocenters. The molecule has 6 nitrogen and oxygen atoms in total. The summed E-state index contributed by atoms with van der Waals surface area (Å²) in [7, 11) is 1.62. The SMILES string of the molecule is C=C(NCc1cc(F)cc(F)c1)c1cccc(Oc2ccnc(NC3=CC=CC(OC)N3)c2)c1C.CC.[HH].[HH]. The van der Waals surface area contributed by atoms with E-state index in [1.165, 1.54) is 12.1 Å². The van der Waals surface area contributed by atoms with Crippen molar-refractivity contribution in [1.29, 1.82) is 0 Å². The molecule has 0 fully saturated rings. The molecule has 0 bridgehead atoms. The molecule has 37 heavy (non-hydrogen) atoms. The lowest BCUT2D eigenvalue weighted by Crippen LogP contribution is -2.33. The van der Waals surface area contributed by atoms with E-state index < -0.39 is 11.6 Å². The van der Waals surface area contributed by atoms with Gasteiger partial charge in [0.1, 0.15) is 41.0 Å². The fraction of sp³-hybridized carbons (Fsp3) is 0.207. The number of aromatic nitrogens is 1. The fourth-order valence-electron chi connectivity index (χ4n) is 3.59. The van der Waals surface area contributed by atoms with Crippen molar-refractivity contribution in [2.24, 2.45) is 0 Å². The molecule has 4 rings (SSSR count). The summed E-state index contributed by atoms with van der Waals surface area (Å²) in [6.07, 6.45) is 7.12. The predicted molar refractivity (Wildman–Crippen MR) is 148 cm³/mol. The van der Waals surface area contributed by atoms with Gasteiger partial charge in [-0.1, -0.05) is 38.6 Å². The summed E-state index contributed by atoms with van der Waals surface area (Å²) < 4.78 is 38.4. The van der Waals surface area contributed by atoms with Crippen molar-refractivity contribution < 1.29 is 21.1 Å². The maximum Gasteiger partial charge on any atom is 0.147 e. The van der Waals surface area contributed by atoms with Crippen LogP contribution in [0, 0.1) is 18.6 Å². The van der Waals surface area contributed by atoms with Crippen LogP contribution < -0.4 is 20.7 Å². The monoisotopic (exact) mass is 510 g/mol. The van der Waals surface area contributed by atoms with Crippen LogP contribution in [0.4, 0.5) is 14.6 Å². The quantitative estimate of drug-likeness (QED) is 0.285. The highest BCUT2D eigenvalue weighted by Crippen LogP contribution is 2.30. The van der Waals surface area contributed by atoms with Crippen LogP contribution in [-0.4, -0.2) is 18.3 Å². The Labute approximate surface area is 219 Å². The molecule has 1 aliphatic heterocycles. The zero-order chi connectivity index (χ0) is 26.8. The van der Waals surface area contributed by atoms with Gasteiger partial charge in [-0.3, -0.25) is 0 Å². The highest BCUT2D eigenvalue weighted by atomic mass is 19.1. The van der Waals surface area contributed by atoms with Gasteiger partial charge in [0.05, 0.1) is 0 Å². The number of rotatable bonds is 9. The number of allylic oxidation sites excluding steroid dienone is 2. The number of nitrogens with zero attached hydrogens (tertiary/aromatic N) is 1. The van der Waals surface area contributed by atoms with Crippen LogP contribution >= 0.6 is 0 Å². The first kappa shape index (κ1) is 27.4.